The number of phenolic OH excluding ortho intramolecular Hbond substituents is 1. The number of para-hydroxylation sites is 1. The average molecular weight is 616 g/mol. The number of terminal acetylenes is 1. The third-order valence-corrected chi connectivity index (χ3v) is 7.77. The Labute approximate surface area is 263 Å². The molecule has 4 atom stereocenters. The van der Waals surface area contributed by atoms with Gasteiger partial charge in [0.2, 0.25) is 5.91 Å². The fourth-order valence-electron chi connectivity index (χ4n) is 5.14. The van der Waals surface area contributed by atoms with Crippen molar-refractivity contribution in [1.29, 1.82) is 0 Å². The second kappa shape index (κ2) is 13.4. The highest BCUT2D eigenvalue weighted by Crippen LogP contribution is 2.42. The molecule has 4 rings (SSSR count). The minimum Gasteiger partial charge on any atom is -0.508 e. The van der Waals surface area contributed by atoms with E-state index in [4.69, 9.17) is 22.8 Å². The zero-order valence-corrected chi connectivity index (χ0v) is 26.3. The SMILES string of the molecule is C#Cc1ccccc1C(C(=O)Nc1c(C)cccc1Cl)N(C(=O)C(Cc1ccc(O)cc1)NC(=O)OC(C)(C)C)C1CC1C. The van der Waals surface area contributed by atoms with Crippen LogP contribution >= 0.6 is 11.6 Å². The van der Waals surface area contributed by atoms with Crippen LogP contribution in [0.5, 0.6) is 5.75 Å². The van der Waals surface area contributed by atoms with E-state index >= 15 is 0 Å². The van der Waals surface area contributed by atoms with Crippen molar-refractivity contribution in [2.45, 2.75) is 71.2 Å². The molecule has 4 unspecified atom stereocenters. The highest BCUT2D eigenvalue weighted by Gasteiger charge is 2.48. The number of rotatable bonds is 9. The maximum absolute atomic E-state index is 14.7. The van der Waals surface area contributed by atoms with E-state index in [-0.39, 0.29) is 24.1 Å². The first-order chi connectivity index (χ1) is 20.8. The van der Waals surface area contributed by atoms with Gasteiger partial charge in [-0.2, -0.15) is 0 Å². The zero-order chi connectivity index (χ0) is 32.2. The number of anilines is 1. The molecule has 230 valence electrons. The van der Waals surface area contributed by atoms with E-state index < -0.39 is 35.6 Å². The predicted molar refractivity (Wildman–Crippen MR) is 171 cm³/mol. The van der Waals surface area contributed by atoms with Crippen LogP contribution in [0.25, 0.3) is 0 Å². The Balaban J connectivity index is 1.81. The Morgan fingerprint density at radius 1 is 1.09 bits per heavy atom. The number of aromatic hydroxyl groups is 1. The zero-order valence-electron chi connectivity index (χ0n) is 25.6. The van der Waals surface area contributed by atoms with Gasteiger partial charge in [0.1, 0.15) is 23.4 Å². The van der Waals surface area contributed by atoms with Gasteiger partial charge < -0.3 is 25.4 Å². The minimum absolute atomic E-state index is 0.0719. The molecule has 0 radical (unpaired) electrons. The second-order valence-corrected chi connectivity index (χ2v) is 12.6. The first-order valence-corrected chi connectivity index (χ1v) is 14.9. The van der Waals surface area contributed by atoms with Crippen LogP contribution in [0, 0.1) is 25.2 Å². The summed E-state index contributed by atoms with van der Waals surface area (Å²) >= 11 is 6.48. The van der Waals surface area contributed by atoms with Gasteiger partial charge in [-0.3, -0.25) is 9.59 Å². The number of alkyl carbamates (subject to hydrolysis) is 1. The smallest absolute Gasteiger partial charge is 0.408 e. The molecule has 1 fully saturated rings. The van der Waals surface area contributed by atoms with Gasteiger partial charge in [-0.05, 0) is 81.0 Å². The number of phenols is 1. The second-order valence-electron chi connectivity index (χ2n) is 12.2. The minimum atomic E-state index is -1.14. The molecule has 1 saturated carbocycles. The van der Waals surface area contributed by atoms with Crippen LogP contribution in [0.4, 0.5) is 10.5 Å². The van der Waals surface area contributed by atoms with E-state index in [0.29, 0.717) is 33.8 Å². The van der Waals surface area contributed by atoms with Crippen LogP contribution in [0.1, 0.15) is 62.4 Å². The van der Waals surface area contributed by atoms with E-state index in [1.54, 1.807) is 74.2 Å². The van der Waals surface area contributed by atoms with Crippen molar-refractivity contribution in [2.75, 3.05) is 5.32 Å². The quantitative estimate of drug-likeness (QED) is 0.242. The van der Waals surface area contributed by atoms with E-state index in [2.05, 4.69) is 16.6 Å². The molecule has 3 amide bonds. The molecule has 0 heterocycles. The molecule has 9 heteroatoms. The highest BCUT2D eigenvalue weighted by atomic mass is 35.5. The molecule has 44 heavy (non-hydrogen) atoms. The van der Waals surface area contributed by atoms with E-state index in [1.165, 1.54) is 12.1 Å². The summed E-state index contributed by atoms with van der Waals surface area (Å²) in [7, 11) is 0. The van der Waals surface area contributed by atoms with Crippen LogP contribution < -0.4 is 10.6 Å². The maximum Gasteiger partial charge on any atom is 0.408 e. The first kappa shape index (κ1) is 32.4. The summed E-state index contributed by atoms with van der Waals surface area (Å²) in [5, 5.41) is 15.9. The molecule has 3 N–H and O–H groups in total. The number of hydrogen-bond acceptors (Lipinski definition) is 5. The van der Waals surface area contributed by atoms with E-state index in [0.717, 1.165) is 5.56 Å². The van der Waals surface area contributed by atoms with Crippen LogP contribution in [0.3, 0.4) is 0 Å². The molecule has 0 bridgehead atoms. The predicted octanol–water partition coefficient (Wildman–Crippen LogP) is 6.39. The van der Waals surface area contributed by atoms with Crippen molar-refractivity contribution < 1.29 is 24.2 Å². The van der Waals surface area contributed by atoms with Crippen molar-refractivity contribution in [3.8, 4) is 18.1 Å². The van der Waals surface area contributed by atoms with Crippen molar-refractivity contribution in [3.63, 3.8) is 0 Å². The number of nitrogens with one attached hydrogen (secondary N) is 2. The lowest BCUT2D eigenvalue weighted by atomic mass is 9.96. The fraction of sp³-hybridized carbons (Fsp3) is 0.343. The molecule has 3 aromatic rings. The lowest BCUT2D eigenvalue weighted by molar-refractivity contribution is -0.141. The van der Waals surface area contributed by atoms with Gasteiger partial charge in [0.15, 0.2) is 0 Å². The Hall–Kier alpha value is -4.48. The Kier molecular flexibility index (Phi) is 9.91. The van der Waals surface area contributed by atoms with Gasteiger partial charge in [0.05, 0.1) is 10.7 Å². The van der Waals surface area contributed by atoms with E-state index in [9.17, 15) is 19.5 Å². The van der Waals surface area contributed by atoms with Crippen LogP contribution in [0.2, 0.25) is 5.02 Å². The third kappa shape index (κ3) is 7.91. The molecular formula is C35H38ClN3O5. The summed E-state index contributed by atoms with van der Waals surface area (Å²) in [6, 6.07) is 16.1. The molecule has 0 aliphatic heterocycles. The van der Waals surface area contributed by atoms with Crippen molar-refractivity contribution in [3.05, 3.63) is 94.0 Å². The van der Waals surface area contributed by atoms with Crippen molar-refractivity contribution >= 4 is 35.2 Å². The number of halogens is 1. The average Bonchev–Trinajstić information content (AvgIpc) is 3.68. The molecule has 1 aliphatic carbocycles. The van der Waals surface area contributed by atoms with Gasteiger partial charge in [0, 0.05) is 18.0 Å². The van der Waals surface area contributed by atoms with E-state index in [1.807, 2.05) is 19.9 Å². The fourth-order valence-corrected chi connectivity index (χ4v) is 5.40. The van der Waals surface area contributed by atoms with Crippen molar-refractivity contribution in [1.82, 2.24) is 10.2 Å². The molecule has 0 saturated heterocycles. The lowest BCUT2D eigenvalue weighted by Crippen LogP contribution is -2.54. The van der Waals surface area contributed by atoms with Gasteiger partial charge in [-0.1, -0.05) is 66.9 Å². The number of amides is 3. The summed E-state index contributed by atoms with van der Waals surface area (Å²) in [4.78, 5) is 43.6. The van der Waals surface area contributed by atoms with Crippen molar-refractivity contribution in [2.24, 2.45) is 5.92 Å². The standard InChI is InChI=1S/C35H38ClN3O5/c1-7-24-12-8-9-13-26(24)31(32(41)38-30-21(2)11-10-14-27(30)36)39(29-19-22(29)3)33(42)28(37-34(43)44-35(4,5)6)20-23-15-17-25(40)18-16-23/h1,8-18,22,28-29,31,40H,19-20H2,2-6H3,(H,37,43)(H,38,41). The van der Waals surface area contributed by atoms with Gasteiger partial charge >= 0.3 is 6.09 Å². The van der Waals surface area contributed by atoms with Crippen LogP contribution in [-0.2, 0) is 20.7 Å². The van der Waals surface area contributed by atoms with Gasteiger partial charge in [-0.25, -0.2) is 4.79 Å². The highest BCUT2D eigenvalue weighted by molar-refractivity contribution is 6.34. The van der Waals surface area contributed by atoms with Crippen LogP contribution in [0.15, 0.2) is 66.7 Å². The molecule has 8 nitrogen and oxygen atoms in total. The first-order valence-electron chi connectivity index (χ1n) is 14.5. The normalized spacial score (nSPS) is 17.0. The number of benzene rings is 3. The summed E-state index contributed by atoms with van der Waals surface area (Å²) in [5.74, 6) is 1.87. The number of carbonyl (C=O) groups is 3. The van der Waals surface area contributed by atoms with Gasteiger partial charge in [0.25, 0.3) is 5.91 Å². The molecule has 1 aliphatic rings. The summed E-state index contributed by atoms with van der Waals surface area (Å²) < 4.78 is 5.51. The largest absolute Gasteiger partial charge is 0.508 e. The monoisotopic (exact) mass is 615 g/mol. The number of nitrogens with zero attached hydrogens (tertiary/aromatic N) is 1. The molecule has 3 aromatic carbocycles. The van der Waals surface area contributed by atoms with Gasteiger partial charge in [-0.15, -0.1) is 6.42 Å². The summed E-state index contributed by atoms with van der Waals surface area (Å²) in [6.07, 6.45) is 5.87. The Bertz CT molecular complexity index is 1550. The van der Waals surface area contributed by atoms with Crippen LogP contribution in [-0.4, -0.2) is 45.6 Å². The number of aryl methyl sites for hydroxylation is 1. The molecule has 0 aromatic heterocycles. The summed E-state index contributed by atoms with van der Waals surface area (Å²) in [5.41, 5.74) is 2.02. The Morgan fingerprint density at radius 2 is 1.75 bits per heavy atom. The number of hydrogen-bond donors (Lipinski definition) is 3. The topological polar surface area (TPSA) is 108 Å². The summed E-state index contributed by atoms with van der Waals surface area (Å²) in [6.45, 7) is 9.03. The maximum atomic E-state index is 14.7. The third-order valence-electron chi connectivity index (χ3n) is 7.45. The number of ether oxygens (including phenoxy) is 1. The molecule has 0 spiro atoms. The Morgan fingerprint density at radius 3 is 2.34 bits per heavy atom. The number of carbonyl (C=O) groups excluding carboxylic acids is 3. The molecular weight excluding hydrogens is 578 g/mol. The lowest BCUT2D eigenvalue weighted by Gasteiger charge is -2.35.